The van der Waals surface area contributed by atoms with Crippen LogP contribution in [0.25, 0.3) is 33.7 Å². The summed E-state index contributed by atoms with van der Waals surface area (Å²) in [6.07, 6.45) is 5.36. The van der Waals surface area contributed by atoms with Crippen LogP contribution in [0, 0.1) is 0 Å². The van der Waals surface area contributed by atoms with E-state index >= 15 is 0 Å². The van der Waals surface area contributed by atoms with Crippen molar-refractivity contribution in [3.63, 3.8) is 0 Å². The molecule has 1 unspecified atom stereocenters. The Morgan fingerprint density at radius 3 is 2.75 bits per heavy atom. The maximum absolute atomic E-state index is 6.13. The highest BCUT2D eigenvalue weighted by Gasteiger charge is 2.20. The van der Waals surface area contributed by atoms with Crippen molar-refractivity contribution in [2.24, 2.45) is 0 Å². The third kappa shape index (κ3) is 3.36. The summed E-state index contributed by atoms with van der Waals surface area (Å²) in [4.78, 5) is 6.98. The zero-order chi connectivity index (χ0) is 18.9. The van der Waals surface area contributed by atoms with E-state index in [1.807, 2.05) is 36.4 Å². The van der Waals surface area contributed by atoms with Gasteiger partial charge in [-0.1, -0.05) is 30.3 Å². The second-order valence-corrected chi connectivity index (χ2v) is 7.64. The number of furan rings is 1. The molecule has 0 aliphatic carbocycles. The molecular weight excluding hydrogens is 348 g/mol. The molecular formula is C24H24N2O2. The van der Waals surface area contributed by atoms with Crippen LogP contribution in [-0.2, 0) is 6.42 Å². The molecule has 4 nitrogen and oxygen atoms in total. The van der Waals surface area contributed by atoms with Crippen molar-refractivity contribution < 1.29 is 8.83 Å². The fraction of sp³-hybridized carbons (Fsp3) is 0.292. The Balaban J connectivity index is 1.36. The molecule has 28 heavy (non-hydrogen) atoms. The molecule has 1 aliphatic rings. The van der Waals surface area contributed by atoms with E-state index in [4.69, 9.17) is 8.83 Å². The molecule has 2 aromatic heterocycles. The molecule has 5 rings (SSSR count). The van der Waals surface area contributed by atoms with Gasteiger partial charge in [0.2, 0.25) is 5.89 Å². The zero-order valence-corrected chi connectivity index (χ0v) is 16.1. The molecule has 0 radical (unpaired) electrons. The number of likely N-dealkylation sites (tertiary alicyclic amines) is 1. The number of hydrogen-bond acceptors (Lipinski definition) is 4. The number of hydrogen-bond donors (Lipinski definition) is 0. The lowest BCUT2D eigenvalue weighted by molar-refractivity contribution is 0.266. The Bertz CT molecular complexity index is 1080. The highest BCUT2D eigenvalue weighted by Crippen LogP contribution is 2.30. The van der Waals surface area contributed by atoms with E-state index in [0.29, 0.717) is 11.9 Å². The second kappa shape index (κ2) is 7.28. The molecule has 4 heteroatoms. The maximum Gasteiger partial charge on any atom is 0.226 e. The zero-order valence-electron chi connectivity index (χ0n) is 16.1. The summed E-state index contributed by atoms with van der Waals surface area (Å²) in [5.74, 6) is 2.44. The summed E-state index contributed by atoms with van der Waals surface area (Å²) in [6.45, 7) is 4.59. The average Bonchev–Trinajstić information content (AvgIpc) is 3.46. The lowest BCUT2D eigenvalue weighted by atomic mass is 10.1. The van der Waals surface area contributed by atoms with Crippen LogP contribution in [0.15, 0.2) is 69.6 Å². The maximum atomic E-state index is 6.13. The standard InChI is InChI=1S/C24H24N2O2/c1-17-6-5-12-26(17)13-11-21-14-19-9-10-20(15-22(19)27-21)23-16-25-24(28-23)18-7-3-2-4-8-18/h2-4,7-10,14-17H,5-6,11-13H2,1H3. The molecule has 0 amide bonds. The summed E-state index contributed by atoms with van der Waals surface area (Å²) < 4.78 is 12.1. The van der Waals surface area contributed by atoms with Gasteiger partial charge in [-0.15, -0.1) is 0 Å². The topological polar surface area (TPSA) is 42.4 Å². The van der Waals surface area contributed by atoms with Gasteiger partial charge in [0.25, 0.3) is 0 Å². The first-order valence-electron chi connectivity index (χ1n) is 10.0. The summed E-state index contributed by atoms with van der Waals surface area (Å²) in [5.41, 5.74) is 2.86. The molecule has 0 saturated carbocycles. The van der Waals surface area contributed by atoms with Crippen LogP contribution in [0.5, 0.6) is 0 Å². The van der Waals surface area contributed by atoms with E-state index < -0.39 is 0 Å². The third-order valence-electron chi connectivity index (χ3n) is 5.72. The fourth-order valence-electron chi connectivity index (χ4n) is 4.06. The van der Waals surface area contributed by atoms with Gasteiger partial charge < -0.3 is 13.7 Å². The van der Waals surface area contributed by atoms with Gasteiger partial charge in [0.15, 0.2) is 5.76 Å². The Morgan fingerprint density at radius 2 is 1.93 bits per heavy atom. The summed E-state index contributed by atoms with van der Waals surface area (Å²) in [6, 6.07) is 19.0. The third-order valence-corrected chi connectivity index (χ3v) is 5.72. The van der Waals surface area contributed by atoms with E-state index in [1.54, 1.807) is 6.20 Å². The summed E-state index contributed by atoms with van der Waals surface area (Å²) in [5, 5.41) is 1.14. The number of fused-ring (bicyclic) bond motifs is 1. The minimum Gasteiger partial charge on any atom is -0.461 e. The van der Waals surface area contributed by atoms with Crippen LogP contribution < -0.4 is 0 Å². The average molecular weight is 372 g/mol. The Hall–Kier alpha value is -2.85. The van der Waals surface area contributed by atoms with Gasteiger partial charge in [0, 0.05) is 35.5 Å². The first-order chi connectivity index (χ1) is 13.8. The quantitative estimate of drug-likeness (QED) is 0.445. The Labute approximate surface area is 164 Å². The van der Waals surface area contributed by atoms with Crippen LogP contribution in [0.2, 0.25) is 0 Å². The van der Waals surface area contributed by atoms with Gasteiger partial charge in [-0.2, -0.15) is 0 Å². The van der Waals surface area contributed by atoms with Gasteiger partial charge >= 0.3 is 0 Å². The molecule has 142 valence electrons. The molecule has 3 heterocycles. The number of oxazole rings is 1. The van der Waals surface area contributed by atoms with Crippen molar-refractivity contribution in [1.82, 2.24) is 9.88 Å². The van der Waals surface area contributed by atoms with E-state index in [0.717, 1.165) is 46.6 Å². The van der Waals surface area contributed by atoms with E-state index in [-0.39, 0.29) is 0 Å². The van der Waals surface area contributed by atoms with Gasteiger partial charge in [0.1, 0.15) is 11.3 Å². The first-order valence-corrected chi connectivity index (χ1v) is 10.0. The van der Waals surface area contributed by atoms with E-state index in [1.165, 1.54) is 19.4 Å². The SMILES string of the molecule is CC1CCCN1CCc1cc2ccc(-c3cnc(-c4ccccc4)o3)cc2o1. The van der Waals surface area contributed by atoms with Crippen molar-refractivity contribution in [3.8, 4) is 22.8 Å². The molecule has 2 aromatic carbocycles. The molecule has 4 aromatic rings. The minimum absolute atomic E-state index is 0.635. The highest BCUT2D eigenvalue weighted by atomic mass is 16.4. The molecule has 1 fully saturated rings. The smallest absolute Gasteiger partial charge is 0.226 e. The van der Waals surface area contributed by atoms with Crippen molar-refractivity contribution in [2.75, 3.05) is 13.1 Å². The van der Waals surface area contributed by atoms with Gasteiger partial charge in [0.05, 0.1) is 6.20 Å². The Morgan fingerprint density at radius 1 is 1.04 bits per heavy atom. The minimum atomic E-state index is 0.635. The van der Waals surface area contributed by atoms with E-state index in [2.05, 4.69) is 35.0 Å². The van der Waals surface area contributed by atoms with Crippen molar-refractivity contribution in [1.29, 1.82) is 0 Å². The predicted octanol–water partition coefficient (Wildman–Crippen LogP) is 5.78. The van der Waals surface area contributed by atoms with Gasteiger partial charge in [-0.3, -0.25) is 0 Å². The monoisotopic (exact) mass is 372 g/mol. The van der Waals surface area contributed by atoms with Crippen LogP contribution in [0.4, 0.5) is 0 Å². The number of benzene rings is 2. The van der Waals surface area contributed by atoms with Crippen molar-refractivity contribution in [3.05, 3.63) is 66.6 Å². The molecule has 0 N–H and O–H groups in total. The number of aromatic nitrogens is 1. The number of nitrogens with zero attached hydrogens (tertiary/aromatic N) is 2. The lowest BCUT2D eigenvalue weighted by Gasteiger charge is -2.19. The van der Waals surface area contributed by atoms with Crippen molar-refractivity contribution >= 4 is 11.0 Å². The molecule has 1 saturated heterocycles. The number of rotatable bonds is 5. The Kier molecular flexibility index (Phi) is 4.49. The largest absolute Gasteiger partial charge is 0.461 e. The molecule has 0 spiro atoms. The summed E-state index contributed by atoms with van der Waals surface area (Å²) >= 11 is 0. The fourth-order valence-corrected chi connectivity index (χ4v) is 4.06. The normalized spacial score (nSPS) is 17.5. The summed E-state index contributed by atoms with van der Waals surface area (Å²) in [7, 11) is 0. The van der Waals surface area contributed by atoms with Crippen LogP contribution in [0.3, 0.4) is 0 Å². The van der Waals surface area contributed by atoms with Crippen LogP contribution in [0.1, 0.15) is 25.5 Å². The van der Waals surface area contributed by atoms with Gasteiger partial charge in [-0.05, 0) is 50.6 Å². The molecule has 1 aliphatic heterocycles. The van der Waals surface area contributed by atoms with E-state index in [9.17, 15) is 0 Å². The first kappa shape index (κ1) is 17.3. The second-order valence-electron chi connectivity index (χ2n) is 7.64. The lowest BCUT2D eigenvalue weighted by Crippen LogP contribution is -2.28. The van der Waals surface area contributed by atoms with Gasteiger partial charge in [-0.25, -0.2) is 4.98 Å². The van der Waals surface area contributed by atoms with Crippen LogP contribution in [-0.4, -0.2) is 29.0 Å². The molecule has 1 atom stereocenters. The van der Waals surface area contributed by atoms with Crippen LogP contribution >= 0.6 is 0 Å². The molecule has 0 bridgehead atoms. The van der Waals surface area contributed by atoms with Crippen molar-refractivity contribution in [2.45, 2.75) is 32.2 Å². The highest BCUT2D eigenvalue weighted by molar-refractivity contribution is 5.82. The predicted molar refractivity (Wildman–Crippen MR) is 111 cm³/mol.